The predicted molar refractivity (Wildman–Crippen MR) is 114 cm³/mol. The number of nitrogens with one attached hydrogen (secondary N) is 3. The van der Waals surface area contributed by atoms with Gasteiger partial charge >= 0.3 is 6.18 Å². The van der Waals surface area contributed by atoms with Crippen LogP contribution >= 0.6 is 0 Å². The standard InChI is InChI=1S/C20H35F3N6O2S/c21-20(22,23)15-11-26-28(13-15)18-7-6-16(12-24-18)32(30,31)29-9-2-1-8-27-19-14(10-25-27)4-3-5-17(19)29/h14-19,24-26H,1-13H2. The van der Waals surface area contributed by atoms with Gasteiger partial charge in [0.2, 0.25) is 10.0 Å². The van der Waals surface area contributed by atoms with Crippen molar-refractivity contribution in [2.24, 2.45) is 11.8 Å². The van der Waals surface area contributed by atoms with Crippen LogP contribution in [-0.2, 0) is 10.0 Å². The molecule has 0 spiro atoms. The van der Waals surface area contributed by atoms with Crippen molar-refractivity contribution < 1.29 is 21.6 Å². The van der Waals surface area contributed by atoms with E-state index in [0.717, 1.165) is 45.2 Å². The Morgan fingerprint density at radius 1 is 0.844 bits per heavy atom. The first-order valence-corrected chi connectivity index (χ1v) is 13.6. The summed E-state index contributed by atoms with van der Waals surface area (Å²) in [5.74, 6) is -0.879. The molecule has 5 aliphatic rings. The van der Waals surface area contributed by atoms with E-state index in [9.17, 15) is 21.6 Å². The molecule has 0 aromatic heterocycles. The van der Waals surface area contributed by atoms with Gasteiger partial charge in [-0.3, -0.25) is 16.2 Å². The Hall–Kier alpha value is -0.500. The maximum atomic E-state index is 13.8. The smallest absolute Gasteiger partial charge is 0.299 e. The second kappa shape index (κ2) is 8.94. The van der Waals surface area contributed by atoms with Crippen LogP contribution in [0.15, 0.2) is 0 Å². The third-order valence-electron chi connectivity index (χ3n) is 8.15. The van der Waals surface area contributed by atoms with Crippen molar-refractivity contribution in [3.63, 3.8) is 0 Å². The second-order valence-corrected chi connectivity index (χ2v) is 12.2. The summed E-state index contributed by atoms with van der Waals surface area (Å²) >= 11 is 0. The van der Waals surface area contributed by atoms with Crippen LogP contribution in [0.4, 0.5) is 13.2 Å². The van der Waals surface area contributed by atoms with Crippen LogP contribution < -0.4 is 16.2 Å². The molecule has 0 amide bonds. The number of halogens is 3. The molecule has 1 saturated carbocycles. The minimum absolute atomic E-state index is 0.0135. The summed E-state index contributed by atoms with van der Waals surface area (Å²) in [6.07, 6.45) is 1.42. The van der Waals surface area contributed by atoms with Gasteiger partial charge in [0.1, 0.15) is 0 Å². The van der Waals surface area contributed by atoms with Crippen LogP contribution in [0, 0.1) is 11.8 Å². The number of sulfonamides is 1. The zero-order valence-corrected chi connectivity index (χ0v) is 19.2. The number of alkyl halides is 3. The average molecular weight is 481 g/mol. The molecule has 4 aliphatic heterocycles. The van der Waals surface area contributed by atoms with Crippen LogP contribution in [0.25, 0.3) is 0 Å². The van der Waals surface area contributed by atoms with Crippen molar-refractivity contribution in [3.8, 4) is 0 Å². The van der Waals surface area contributed by atoms with Crippen molar-refractivity contribution in [1.82, 2.24) is 30.5 Å². The molecule has 6 atom stereocenters. The van der Waals surface area contributed by atoms with E-state index < -0.39 is 27.4 Å². The Bertz CT molecular complexity index is 776. The first kappa shape index (κ1) is 23.3. The molecular formula is C20H35F3N6O2S. The van der Waals surface area contributed by atoms with Gasteiger partial charge in [0.05, 0.1) is 17.3 Å². The van der Waals surface area contributed by atoms with E-state index >= 15 is 0 Å². The van der Waals surface area contributed by atoms with Crippen molar-refractivity contribution in [3.05, 3.63) is 0 Å². The Labute approximate surface area is 188 Å². The zero-order chi connectivity index (χ0) is 22.5. The third-order valence-corrected chi connectivity index (χ3v) is 10.5. The number of hydrogen-bond donors (Lipinski definition) is 3. The summed E-state index contributed by atoms with van der Waals surface area (Å²) < 4.78 is 68.4. The van der Waals surface area contributed by atoms with E-state index in [1.54, 1.807) is 5.01 Å². The summed E-state index contributed by atoms with van der Waals surface area (Å²) in [6, 6.07) is 0.260. The molecule has 12 heteroatoms. The lowest BCUT2D eigenvalue weighted by atomic mass is 9.81. The number of rotatable bonds is 3. The molecular weight excluding hydrogens is 445 g/mol. The quantitative estimate of drug-likeness (QED) is 0.553. The van der Waals surface area contributed by atoms with Crippen molar-refractivity contribution in [2.45, 2.75) is 74.6 Å². The topological polar surface area (TPSA) is 80.0 Å². The molecule has 32 heavy (non-hydrogen) atoms. The Morgan fingerprint density at radius 2 is 1.62 bits per heavy atom. The monoisotopic (exact) mass is 480 g/mol. The SMILES string of the molecule is O=S(=O)(C1CCC(N2CC(C(F)(F)F)CN2)NC1)N1CCCCN2NCC3CCCC1C32. The van der Waals surface area contributed by atoms with E-state index in [4.69, 9.17) is 0 Å². The molecule has 184 valence electrons. The number of hydrazine groups is 2. The second-order valence-electron chi connectivity index (χ2n) is 10.0. The fourth-order valence-corrected chi connectivity index (χ4v) is 8.54. The lowest BCUT2D eigenvalue weighted by Gasteiger charge is -2.46. The fraction of sp³-hybridized carbons (Fsp3) is 1.00. The number of piperidine rings is 1. The van der Waals surface area contributed by atoms with E-state index in [2.05, 4.69) is 21.2 Å². The van der Waals surface area contributed by atoms with Crippen LogP contribution in [-0.4, -0.2) is 91.7 Å². The Morgan fingerprint density at radius 3 is 2.34 bits per heavy atom. The van der Waals surface area contributed by atoms with E-state index in [-0.39, 0.29) is 37.9 Å². The molecule has 3 N–H and O–H groups in total. The van der Waals surface area contributed by atoms with Crippen LogP contribution in [0.5, 0.6) is 0 Å². The summed E-state index contributed by atoms with van der Waals surface area (Å²) in [5, 5.41) is 6.60. The summed E-state index contributed by atoms with van der Waals surface area (Å²) in [6.45, 7) is 2.54. The summed E-state index contributed by atoms with van der Waals surface area (Å²) in [5.41, 5.74) is 6.35. The maximum Gasteiger partial charge on any atom is 0.394 e. The average Bonchev–Trinajstić information content (AvgIpc) is 3.39. The fourth-order valence-electron chi connectivity index (χ4n) is 6.42. The Balaban J connectivity index is 1.25. The first-order valence-electron chi connectivity index (χ1n) is 12.1. The normalized spacial score (nSPS) is 40.7. The molecule has 5 rings (SSSR count). The Kier molecular flexibility index (Phi) is 6.49. The summed E-state index contributed by atoms with van der Waals surface area (Å²) in [7, 11) is -3.50. The molecule has 8 nitrogen and oxygen atoms in total. The van der Waals surface area contributed by atoms with E-state index in [1.165, 1.54) is 0 Å². The molecule has 1 aliphatic carbocycles. The van der Waals surface area contributed by atoms with Crippen LogP contribution in [0.2, 0.25) is 0 Å². The third kappa shape index (κ3) is 4.32. The van der Waals surface area contributed by atoms with E-state index in [0.29, 0.717) is 25.3 Å². The highest BCUT2D eigenvalue weighted by molar-refractivity contribution is 7.89. The largest absolute Gasteiger partial charge is 0.394 e. The van der Waals surface area contributed by atoms with Gasteiger partial charge in [-0.05, 0) is 44.4 Å². The highest BCUT2D eigenvalue weighted by Gasteiger charge is 2.50. The molecule has 6 unspecified atom stereocenters. The number of hydrogen-bond acceptors (Lipinski definition) is 7. The summed E-state index contributed by atoms with van der Waals surface area (Å²) in [4.78, 5) is 0. The highest BCUT2D eigenvalue weighted by Crippen LogP contribution is 2.38. The number of nitrogens with zero attached hydrogens (tertiary/aromatic N) is 3. The van der Waals surface area contributed by atoms with Crippen molar-refractivity contribution in [1.29, 1.82) is 0 Å². The molecule has 4 saturated heterocycles. The van der Waals surface area contributed by atoms with Gasteiger partial charge in [-0.25, -0.2) is 18.4 Å². The minimum Gasteiger partial charge on any atom is -0.299 e. The lowest BCUT2D eigenvalue weighted by molar-refractivity contribution is -0.167. The minimum atomic E-state index is -4.21. The molecule has 4 heterocycles. The van der Waals surface area contributed by atoms with Gasteiger partial charge in [-0.2, -0.15) is 17.5 Å². The van der Waals surface area contributed by atoms with Gasteiger partial charge in [-0.15, -0.1) is 0 Å². The maximum absolute atomic E-state index is 13.8. The van der Waals surface area contributed by atoms with Crippen molar-refractivity contribution >= 4 is 10.0 Å². The lowest BCUT2D eigenvalue weighted by Crippen LogP contribution is -2.61. The first-order chi connectivity index (χ1) is 15.2. The molecule has 0 aromatic rings. The van der Waals surface area contributed by atoms with Crippen molar-refractivity contribution in [2.75, 3.05) is 39.3 Å². The van der Waals surface area contributed by atoms with Gasteiger partial charge in [-0.1, -0.05) is 6.42 Å². The molecule has 0 bridgehead atoms. The molecule has 0 aromatic carbocycles. The van der Waals surface area contributed by atoms with Crippen LogP contribution in [0.3, 0.4) is 0 Å². The predicted octanol–water partition coefficient (Wildman–Crippen LogP) is 0.846. The van der Waals surface area contributed by atoms with Gasteiger partial charge in [0.15, 0.2) is 0 Å². The van der Waals surface area contributed by atoms with Gasteiger partial charge in [0, 0.05) is 51.4 Å². The van der Waals surface area contributed by atoms with Crippen LogP contribution in [0.1, 0.15) is 44.9 Å². The zero-order valence-electron chi connectivity index (χ0n) is 18.4. The van der Waals surface area contributed by atoms with Gasteiger partial charge in [0.25, 0.3) is 0 Å². The van der Waals surface area contributed by atoms with E-state index in [1.807, 2.05) is 4.31 Å². The molecule has 0 radical (unpaired) electrons. The molecule has 5 fully saturated rings. The van der Waals surface area contributed by atoms with Gasteiger partial charge < -0.3 is 0 Å². The highest BCUT2D eigenvalue weighted by atomic mass is 32.2.